The summed E-state index contributed by atoms with van der Waals surface area (Å²) in [7, 11) is 1.31. The number of carbonyl (C=O) groups excluding carboxylic acids is 1. The van der Waals surface area contributed by atoms with E-state index in [-0.39, 0.29) is 5.69 Å². The minimum Gasteiger partial charge on any atom is -0.465 e. The van der Waals surface area contributed by atoms with E-state index in [0.717, 1.165) is 0 Å². The van der Waals surface area contributed by atoms with Crippen molar-refractivity contribution in [3.8, 4) is 11.5 Å². The topological polar surface area (TPSA) is 61.5 Å². The summed E-state index contributed by atoms with van der Waals surface area (Å²) in [6, 6.07) is 10.2. The Morgan fingerprint density at radius 2 is 1.84 bits per heavy atom. The number of benzene rings is 2. The molecule has 0 aliphatic heterocycles. The minimum atomic E-state index is -0.425. The third-order valence-electron chi connectivity index (χ3n) is 2.48. The van der Waals surface area contributed by atoms with Gasteiger partial charge in [-0.3, -0.25) is 0 Å². The van der Waals surface area contributed by atoms with Crippen LogP contribution >= 0.6 is 0 Å². The van der Waals surface area contributed by atoms with Crippen LogP contribution in [0.3, 0.4) is 0 Å². The summed E-state index contributed by atoms with van der Waals surface area (Å²) in [5, 5.41) is 0. The fraction of sp³-hybridized carbons (Fsp3) is 0.0714. The van der Waals surface area contributed by atoms with Gasteiger partial charge in [-0.2, -0.15) is 0 Å². The molecule has 2 aromatic rings. The number of nitrogens with two attached hydrogens (primary N) is 1. The highest BCUT2D eigenvalue weighted by Crippen LogP contribution is 2.28. The molecule has 98 valence electrons. The van der Waals surface area contributed by atoms with Crippen LogP contribution in [0.25, 0.3) is 0 Å². The molecule has 0 aliphatic carbocycles. The van der Waals surface area contributed by atoms with E-state index in [1.807, 2.05) is 0 Å². The largest absolute Gasteiger partial charge is 0.465 e. The summed E-state index contributed by atoms with van der Waals surface area (Å²) < 4.78 is 23.0. The van der Waals surface area contributed by atoms with Crippen molar-refractivity contribution in [2.24, 2.45) is 0 Å². The number of halogens is 1. The molecule has 5 heteroatoms. The van der Waals surface area contributed by atoms with Crippen molar-refractivity contribution in [2.75, 3.05) is 12.8 Å². The van der Waals surface area contributed by atoms with Crippen molar-refractivity contribution >= 4 is 11.7 Å². The first kappa shape index (κ1) is 12.9. The quantitative estimate of drug-likeness (QED) is 0.681. The van der Waals surface area contributed by atoms with Gasteiger partial charge >= 0.3 is 5.97 Å². The number of esters is 1. The second kappa shape index (κ2) is 5.39. The smallest absolute Gasteiger partial charge is 0.337 e. The highest BCUT2D eigenvalue weighted by molar-refractivity contribution is 5.89. The number of hydrogen-bond donors (Lipinski definition) is 1. The van der Waals surface area contributed by atoms with E-state index >= 15 is 0 Å². The number of methoxy groups -OCH3 is 1. The first-order valence-electron chi connectivity index (χ1n) is 5.51. The monoisotopic (exact) mass is 261 g/mol. The molecule has 0 aliphatic rings. The lowest BCUT2D eigenvalue weighted by atomic mass is 10.2. The minimum absolute atomic E-state index is 0.206. The molecule has 0 amide bonds. The van der Waals surface area contributed by atoms with Gasteiger partial charge in [0.15, 0.2) is 5.75 Å². The average Bonchev–Trinajstić information content (AvgIpc) is 2.42. The van der Waals surface area contributed by atoms with Crippen LogP contribution in [0.5, 0.6) is 11.5 Å². The van der Waals surface area contributed by atoms with Crippen molar-refractivity contribution in [1.82, 2.24) is 0 Å². The summed E-state index contributed by atoms with van der Waals surface area (Å²) >= 11 is 0. The Morgan fingerprint density at radius 1 is 1.16 bits per heavy atom. The highest BCUT2D eigenvalue weighted by Gasteiger charge is 2.07. The van der Waals surface area contributed by atoms with Crippen LogP contribution in [0.1, 0.15) is 10.4 Å². The maximum Gasteiger partial charge on any atom is 0.337 e. The SMILES string of the molecule is COC(=O)c1ccc(Oc2ccc(F)cc2N)cc1. The Bertz CT molecular complexity index is 596. The predicted molar refractivity (Wildman–Crippen MR) is 68.7 cm³/mol. The van der Waals surface area contributed by atoms with Gasteiger partial charge in [-0.05, 0) is 36.4 Å². The molecule has 0 aromatic heterocycles. The number of anilines is 1. The predicted octanol–water partition coefficient (Wildman–Crippen LogP) is 2.99. The molecule has 2 rings (SSSR count). The third kappa shape index (κ3) is 3.01. The van der Waals surface area contributed by atoms with E-state index in [4.69, 9.17) is 10.5 Å². The van der Waals surface area contributed by atoms with Crippen molar-refractivity contribution < 1.29 is 18.7 Å². The van der Waals surface area contributed by atoms with E-state index in [1.54, 1.807) is 24.3 Å². The molecular formula is C14H12FNO3. The average molecular weight is 261 g/mol. The van der Waals surface area contributed by atoms with Gasteiger partial charge in [0.05, 0.1) is 18.4 Å². The molecule has 0 saturated heterocycles. The number of nitrogen functional groups attached to an aromatic ring is 1. The lowest BCUT2D eigenvalue weighted by Crippen LogP contribution is -2.00. The van der Waals surface area contributed by atoms with Gasteiger partial charge in [0.1, 0.15) is 11.6 Å². The van der Waals surface area contributed by atoms with E-state index < -0.39 is 11.8 Å². The summed E-state index contributed by atoms with van der Waals surface area (Å²) in [5.74, 6) is -0.00286. The zero-order chi connectivity index (χ0) is 13.8. The Morgan fingerprint density at radius 3 is 2.42 bits per heavy atom. The lowest BCUT2D eigenvalue weighted by Gasteiger charge is -2.08. The van der Waals surface area contributed by atoms with Crippen LogP contribution in [-0.4, -0.2) is 13.1 Å². The number of carbonyl (C=O) groups is 1. The third-order valence-corrected chi connectivity index (χ3v) is 2.48. The van der Waals surface area contributed by atoms with Gasteiger partial charge in [-0.1, -0.05) is 0 Å². The summed E-state index contributed by atoms with van der Waals surface area (Å²) in [5.41, 5.74) is 6.25. The molecule has 0 radical (unpaired) electrons. The van der Waals surface area contributed by atoms with Gasteiger partial charge in [-0.25, -0.2) is 9.18 Å². The highest BCUT2D eigenvalue weighted by atomic mass is 19.1. The zero-order valence-corrected chi connectivity index (χ0v) is 10.2. The van der Waals surface area contributed by atoms with Crippen LogP contribution in [0.2, 0.25) is 0 Å². The standard InChI is InChI=1S/C14H12FNO3/c1-18-14(17)9-2-5-11(6-3-9)19-13-7-4-10(15)8-12(13)16/h2-8H,16H2,1H3. The summed E-state index contributed by atoms with van der Waals surface area (Å²) in [6.07, 6.45) is 0. The molecule has 2 aromatic carbocycles. The molecular weight excluding hydrogens is 249 g/mol. The first-order valence-corrected chi connectivity index (χ1v) is 5.51. The number of ether oxygens (including phenoxy) is 2. The van der Waals surface area contributed by atoms with Gasteiger partial charge in [-0.15, -0.1) is 0 Å². The van der Waals surface area contributed by atoms with Crippen LogP contribution in [0.15, 0.2) is 42.5 Å². The van der Waals surface area contributed by atoms with E-state index in [9.17, 15) is 9.18 Å². The van der Waals surface area contributed by atoms with E-state index in [1.165, 1.54) is 25.3 Å². The maximum atomic E-state index is 12.9. The molecule has 0 spiro atoms. The Hall–Kier alpha value is -2.56. The molecule has 0 heterocycles. The molecule has 0 bridgehead atoms. The van der Waals surface area contributed by atoms with E-state index in [0.29, 0.717) is 17.1 Å². The van der Waals surface area contributed by atoms with E-state index in [2.05, 4.69) is 4.74 Å². The lowest BCUT2D eigenvalue weighted by molar-refractivity contribution is 0.0600. The van der Waals surface area contributed by atoms with Crippen LogP contribution in [-0.2, 0) is 4.74 Å². The fourth-order valence-electron chi connectivity index (χ4n) is 1.52. The molecule has 0 fully saturated rings. The zero-order valence-electron chi connectivity index (χ0n) is 10.2. The van der Waals surface area contributed by atoms with Crippen LogP contribution < -0.4 is 10.5 Å². The van der Waals surface area contributed by atoms with Crippen LogP contribution in [0, 0.1) is 5.82 Å². The van der Waals surface area contributed by atoms with Gasteiger partial charge in [0.2, 0.25) is 0 Å². The normalized spacial score (nSPS) is 10.0. The molecule has 2 N–H and O–H groups in total. The molecule has 0 unspecified atom stereocenters. The van der Waals surface area contributed by atoms with Gasteiger partial charge in [0, 0.05) is 6.07 Å². The van der Waals surface area contributed by atoms with Crippen molar-refractivity contribution in [2.45, 2.75) is 0 Å². The van der Waals surface area contributed by atoms with Gasteiger partial charge < -0.3 is 15.2 Å². The Balaban J connectivity index is 2.17. The fourth-order valence-corrected chi connectivity index (χ4v) is 1.52. The maximum absolute atomic E-state index is 12.9. The van der Waals surface area contributed by atoms with Gasteiger partial charge in [0.25, 0.3) is 0 Å². The summed E-state index contributed by atoms with van der Waals surface area (Å²) in [4.78, 5) is 11.2. The van der Waals surface area contributed by atoms with Crippen molar-refractivity contribution in [1.29, 1.82) is 0 Å². The van der Waals surface area contributed by atoms with Crippen molar-refractivity contribution in [3.05, 3.63) is 53.8 Å². The molecule has 0 atom stereocenters. The van der Waals surface area contributed by atoms with Crippen LogP contribution in [0.4, 0.5) is 10.1 Å². The summed E-state index contributed by atoms with van der Waals surface area (Å²) in [6.45, 7) is 0. The second-order valence-corrected chi connectivity index (χ2v) is 3.80. The Kier molecular flexibility index (Phi) is 3.66. The number of rotatable bonds is 3. The number of hydrogen-bond acceptors (Lipinski definition) is 4. The van der Waals surface area contributed by atoms with Crippen molar-refractivity contribution in [3.63, 3.8) is 0 Å². The Labute approximate surface area is 109 Å². The molecule has 19 heavy (non-hydrogen) atoms. The molecule has 0 saturated carbocycles. The second-order valence-electron chi connectivity index (χ2n) is 3.80. The first-order chi connectivity index (χ1) is 9.10. The molecule has 4 nitrogen and oxygen atoms in total.